The van der Waals surface area contributed by atoms with E-state index in [-0.39, 0.29) is 28.1 Å². The molecule has 0 bridgehead atoms. The number of para-hydroxylation sites is 2. The van der Waals surface area contributed by atoms with Gasteiger partial charge in [0.15, 0.2) is 5.78 Å². The van der Waals surface area contributed by atoms with E-state index in [1.165, 1.54) is 12.1 Å². The highest BCUT2D eigenvalue weighted by Crippen LogP contribution is 2.34. The van der Waals surface area contributed by atoms with Gasteiger partial charge in [-0.1, -0.05) is 36.4 Å². The second kappa shape index (κ2) is 7.71. The minimum atomic E-state index is -0.387. The summed E-state index contributed by atoms with van der Waals surface area (Å²) >= 11 is 0. The summed E-state index contributed by atoms with van der Waals surface area (Å²) in [4.78, 5) is 26.6. The molecule has 0 atom stereocenters. The lowest BCUT2D eigenvalue weighted by Crippen LogP contribution is -2.07. The van der Waals surface area contributed by atoms with Gasteiger partial charge in [0, 0.05) is 11.1 Å². The number of rotatable bonds is 4. The first kappa shape index (κ1) is 19.6. The predicted octanol–water partition coefficient (Wildman–Crippen LogP) is 5.56. The zero-order valence-corrected chi connectivity index (χ0v) is 17.2. The maximum Gasteiger partial charge on any atom is 0.200 e. The van der Waals surface area contributed by atoms with Crippen LogP contribution in [0.3, 0.4) is 0 Å². The largest absolute Gasteiger partial charge is 0.507 e. The smallest absolute Gasteiger partial charge is 0.200 e. The maximum absolute atomic E-state index is 13.3. The van der Waals surface area contributed by atoms with Crippen LogP contribution < -0.4 is 10.2 Å². The third kappa shape index (κ3) is 3.20. The molecule has 0 radical (unpaired) electrons. The van der Waals surface area contributed by atoms with Crippen LogP contribution in [-0.2, 0) is 0 Å². The monoisotopic (exact) mass is 422 g/mol. The minimum Gasteiger partial charge on any atom is -0.507 e. The number of phenols is 1. The number of ketones is 1. The fraction of sp³-hybridized carbons (Fsp3) is 0.0370. The van der Waals surface area contributed by atoms with Gasteiger partial charge in [-0.2, -0.15) is 0 Å². The first-order valence-electron chi connectivity index (χ1n) is 10.0. The van der Waals surface area contributed by atoms with Crippen LogP contribution >= 0.6 is 0 Å². The summed E-state index contributed by atoms with van der Waals surface area (Å²) < 4.78 is 11.5. The van der Waals surface area contributed by atoms with Crippen molar-refractivity contribution in [1.29, 1.82) is 0 Å². The molecule has 1 N–H and O–H groups in total. The van der Waals surface area contributed by atoms with E-state index in [1.54, 1.807) is 55.6 Å². The Morgan fingerprint density at radius 2 is 1.66 bits per heavy atom. The van der Waals surface area contributed by atoms with E-state index in [4.69, 9.17) is 9.15 Å². The number of hydrogen-bond donors (Lipinski definition) is 1. The Morgan fingerprint density at radius 3 is 2.47 bits per heavy atom. The van der Waals surface area contributed by atoms with E-state index < -0.39 is 0 Å². The molecule has 5 nitrogen and oxygen atoms in total. The molecule has 0 unspecified atom stereocenters. The first-order valence-corrected chi connectivity index (χ1v) is 10.0. The predicted molar refractivity (Wildman–Crippen MR) is 124 cm³/mol. The van der Waals surface area contributed by atoms with Gasteiger partial charge in [0.05, 0.1) is 23.4 Å². The molecule has 5 rings (SSSR count). The molecule has 0 aliphatic heterocycles. The number of carbonyl (C=O) groups is 1. The van der Waals surface area contributed by atoms with E-state index in [2.05, 4.69) is 0 Å². The molecule has 156 valence electrons. The number of carbonyl (C=O) groups excluding carboxylic acids is 1. The molecule has 0 spiro atoms. The van der Waals surface area contributed by atoms with Crippen molar-refractivity contribution in [2.24, 2.45) is 0 Å². The molecule has 32 heavy (non-hydrogen) atoms. The number of fused-ring (bicyclic) bond motifs is 2. The van der Waals surface area contributed by atoms with Gasteiger partial charge < -0.3 is 14.3 Å². The average molecular weight is 422 g/mol. The van der Waals surface area contributed by atoms with Gasteiger partial charge in [-0.05, 0) is 54.1 Å². The molecule has 5 heteroatoms. The van der Waals surface area contributed by atoms with Gasteiger partial charge in [0.25, 0.3) is 0 Å². The normalized spacial score (nSPS) is 11.0. The van der Waals surface area contributed by atoms with Gasteiger partial charge >= 0.3 is 0 Å². The van der Waals surface area contributed by atoms with E-state index in [1.807, 2.05) is 24.3 Å². The second-order valence-electron chi connectivity index (χ2n) is 7.41. The van der Waals surface area contributed by atoms with E-state index in [0.29, 0.717) is 33.3 Å². The molecular weight excluding hydrogens is 404 g/mol. The zero-order chi connectivity index (χ0) is 22.2. The summed E-state index contributed by atoms with van der Waals surface area (Å²) in [5, 5.41) is 10.9. The molecule has 5 aromatic rings. The second-order valence-corrected chi connectivity index (χ2v) is 7.41. The number of ether oxygens (including phenoxy) is 1. The van der Waals surface area contributed by atoms with Crippen molar-refractivity contribution in [2.75, 3.05) is 7.11 Å². The van der Waals surface area contributed by atoms with Crippen LogP contribution in [-0.4, -0.2) is 18.0 Å². The number of benzene rings is 4. The van der Waals surface area contributed by atoms with Crippen molar-refractivity contribution in [3.05, 3.63) is 106 Å². The summed E-state index contributed by atoms with van der Waals surface area (Å²) in [5.41, 5.74) is 2.39. The average Bonchev–Trinajstić information content (AvgIpc) is 2.83. The van der Waals surface area contributed by atoms with Crippen molar-refractivity contribution in [1.82, 2.24) is 0 Å². The maximum atomic E-state index is 13.3. The Hall–Kier alpha value is -4.38. The van der Waals surface area contributed by atoms with Gasteiger partial charge in [0.1, 0.15) is 22.7 Å². The van der Waals surface area contributed by atoms with Gasteiger partial charge in [-0.15, -0.1) is 0 Å². The minimum absolute atomic E-state index is 0.119. The summed E-state index contributed by atoms with van der Waals surface area (Å²) in [6, 6.07) is 23.9. The van der Waals surface area contributed by atoms with Gasteiger partial charge in [-0.25, -0.2) is 0 Å². The number of methoxy groups -OCH3 is 1. The van der Waals surface area contributed by atoms with Crippen LogP contribution in [0.25, 0.3) is 33.1 Å². The summed E-state index contributed by atoms with van der Waals surface area (Å²) in [6.45, 7) is 0. The molecule has 0 saturated heterocycles. The molecule has 4 aromatic carbocycles. The molecular formula is C27H18O5. The van der Waals surface area contributed by atoms with Crippen molar-refractivity contribution in [2.45, 2.75) is 0 Å². The lowest BCUT2D eigenvalue weighted by atomic mass is 9.94. The number of hydrogen-bond acceptors (Lipinski definition) is 5. The van der Waals surface area contributed by atoms with Gasteiger partial charge in [0.2, 0.25) is 5.43 Å². The molecule has 1 heterocycles. The molecule has 0 aliphatic rings. The summed E-state index contributed by atoms with van der Waals surface area (Å²) in [5.74, 6) is 0.129. The Morgan fingerprint density at radius 1 is 0.875 bits per heavy atom. The van der Waals surface area contributed by atoms with Crippen LogP contribution in [0, 0.1) is 0 Å². The van der Waals surface area contributed by atoms with Crippen LogP contribution in [0.2, 0.25) is 0 Å². The molecule has 0 aliphatic carbocycles. The van der Waals surface area contributed by atoms with Crippen LogP contribution in [0.4, 0.5) is 0 Å². The number of aromatic hydroxyl groups is 1. The molecule has 0 amide bonds. The first-order chi connectivity index (χ1) is 15.6. The Bertz CT molecular complexity index is 1560. The van der Waals surface area contributed by atoms with Crippen molar-refractivity contribution in [3.8, 4) is 22.6 Å². The highest BCUT2D eigenvalue weighted by Gasteiger charge is 2.20. The van der Waals surface area contributed by atoms with E-state index in [0.717, 1.165) is 5.56 Å². The van der Waals surface area contributed by atoms with Crippen molar-refractivity contribution >= 4 is 27.7 Å². The van der Waals surface area contributed by atoms with E-state index >= 15 is 0 Å². The molecule has 0 fully saturated rings. The topological polar surface area (TPSA) is 76.7 Å². The van der Waals surface area contributed by atoms with Crippen molar-refractivity contribution < 1.29 is 19.1 Å². The summed E-state index contributed by atoms with van der Waals surface area (Å²) in [7, 11) is 1.57. The van der Waals surface area contributed by atoms with Gasteiger partial charge in [-0.3, -0.25) is 9.59 Å². The summed E-state index contributed by atoms with van der Waals surface area (Å²) in [6.07, 6.45) is 0. The highest BCUT2D eigenvalue weighted by molar-refractivity contribution is 6.14. The van der Waals surface area contributed by atoms with Crippen LogP contribution in [0.5, 0.6) is 11.5 Å². The number of phenolic OH excluding ortho intramolecular Hbond substituents is 1. The molecule has 1 aromatic heterocycles. The van der Waals surface area contributed by atoms with Crippen molar-refractivity contribution in [3.63, 3.8) is 0 Å². The fourth-order valence-corrected chi connectivity index (χ4v) is 3.86. The Labute approximate surface area is 183 Å². The van der Waals surface area contributed by atoms with Crippen LogP contribution in [0.15, 0.2) is 94.1 Å². The third-order valence-electron chi connectivity index (χ3n) is 5.47. The standard InChI is InChI=1S/C27H18O5/c1-31-18-8-6-7-16(13-18)21-14-17(25(29)19-9-2-4-11-23(19)28)15-22-26(30)20-10-3-5-12-24(20)32-27(21)22/h2-15,28H,1H3. The Kier molecular flexibility index (Phi) is 4.71. The Balaban J connectivity index is 1.86. The zero-order valence-electron chi connectivity index (χ0n) is 17.2. The molecule has 0 saturated carbocycles. The third-order valence-corrected chi connectivity index (χ3v) is 5.47. The lowest BCUT2D eigenvalue weighted by molar-refractivity contribution is 0.103. The quantitative estimate of drug-likeness (QED) is 0.303. The SMILES string of the molecule is COc1cccc(-c2cc(C(=O)c3ccccc3O)cc3c(=O)c4ccccc4oc23)c1. The van der Waals surface area contributed by atoms with Crippen LogP contribution in [0.1, 0.15) is 15.9 Å². The fourth-order valence-electron chi connectivity index (χ4n) is 3.86. The lowest BCUT2D eigenvalue weighted by Gasteiger charge is -2.12. The van der Waals surface area contributed by atoms with E-state index in [9.17, 15) is 14.7 Å². The highest BCUT2D eigenvalue weighted by atomic mass is 16.5.